The molecule has 0 saturated carbocycles. The quantitative estimate of drug-likeness (QED) is 0.122. The minimum atomic E-state index is -0.756. The van der Waals surface area contributed by atoms with Gasteiger partial charge < -0.3 is 14.6 Å². The zero-order valence-electron chi connectivity index (χ0n) is 21.2. The van der Waals surface area contributed by atoms with Gasteiger partial charge >= 0.3 is 11.9 Å². The Labute approximate surface area is 198 Å². The Morgan fingerprint density at radius 2 is 0.969 bits per heavy atom. The van der Waals surface area contributed by atoms with Crippen LogP contribution in [0.1, 0.15) is 142 Å². The van der Waals surface area contributed by atoms with Gasteiger partial charge in [0.25, 0.3) is 0 Å². The summed E-state index contributed by atoms with van der Waals surface area (Å²) in [6.07, 6.45) is 21.6. The summed E-state index contributed by atoms with van der Waals surface area (Å²) in [7, 11) is 0. The van der Waals surface area contributed by atoms with Crippen molar-refractivity contribution >= 4 is 11.9 Å². The lowest BCUT2D eigenvalue weighted by Gasteiger charge is -2.15. The normalized spacial score (nSPS) is 12.0. The Hall–Kier alpha value is -1.10. The van der Waals surface area contributed by atoms with Crippen molar-refractivity contribution in [3.63, 3.8) is 0 Å². The highest BCUT2D eigenvalue weighted by Crippen LogP contribution is 2.13. The second-order valence-corrected chi connectivity index (χ2v) is 9.13. The van der Waals surface area contributed by atoms with Gasteiger partial charge in [0.15, 0.2) is 6.10 Å². The number of hydrogen-bond acceptors (Lipinski definition) is 5. The highest BCUT2D eigenvalue weighted by atomic mass is 16.6. The molecule has 1 N–H and O–H groups in total. The van der Waals surface area contributed by atoms with E-state index >= 15 is 0 Å². The predicted octanol–water partition coefficient (Wildman–Crippen LogP) is 7.28. The molecular formula is C27H52O5. The van der Waals surface area contributed by atoms with Gasteiger partial charge in [-0.15, -0.1) is 0 Å². The third kappa shape index (κ3) is 22.1. The van der Waals surface area contributed by atoms with E-state index < -0.39 is 6.10 Å². The first-order valence-corrected chi connectivity index (χ1v) is 13.6. The smallest absolute Gasteiger partial charge is 0.306 e. The van der Waals surface area contributed by atoms with Crippen molar-refractivity contribution in [3.8, 4) is 0 Å². The van der Waals surface area contributed by atoms with E-state index in [1.165, 1.54) is 77.0 Å². The molecule has 0 bridgehead atoms. The molecule has 0 amide bonds. The Balaban J connectivity index is 3.60. The van der Waals surface area contributed by atoms with E-state index in [2.05, 4.69) is 13.8 Å². The Bertz CT molecular complexity index is 424. The van der Waals surface area contributed by atoms with E-state index in [-0.39, 0.29) is 25.2 Å². The van der Waals surface area contributed by atoms with E-state index in [0.717, 1.165) is 38.5 Å². The molecule has 0 aliphatic carbocycles. The van der Waals surface area contributed by atoms with Crippen LogP contribution in [0.25, 0.3) is 0 Å². The van der Waals surface area contributed by atoms with E-state index in [1.807, 2.05) is 0 Å². The molecule has 0 heterocycles. The topological polar surface area (TPSA) is 72.8 Å². The van der Waals surface area contributed by atoms with Gasteiger partial charge in [-0.3, -0.25) is 9.59 Å². The van der Waals surface area contributed by atoms with Gasteiger partial charge in [-0.1, -0.05) is 117 Å². The first-order valence-electron chi connectivity index (χ1n) is 13.6. The molecule has 5 heteroatoms. The van der Waals surface area contributed by atoms with Crippen molar-refractivity contribution in [2.75, 3.05) is 13.2 Å². The van der Waals surface area contributed by atoms with Crippen molar-refractivity contribution in [1.82, 2.24) is 0 Å². The van der Waals surface area contributed by atoms with Crippen molar-refractivity contribution < 1.29 is 24.2 Å². The number of carbonyl (C=O) groups excluding carboxylic acids is 2. The molecule has 0 radical (unpaired) electrons. The van der Waals surface area contributed by atoms with Crippen LogP contribution in [0.4, 0.5) is 0 Å². The van der Waals surface area contributed by atoms with E-state index in [1.54, 1.807) is 0 Å². The molecule has 0 rings (SSSR count). The summed E-state index contributed by atoms with van der Waals surface area (Å²) in [4.78, 5) is 23.8. The number of esters is 2. The molecule has 32 heavy (non-hydrogen) atoms. The lowest BCUT2D eigenvalue weighted by Crippen LogP contribution is -2.28. The lowest BCUT2D eigenvalue weighted by molar-refractivity contribution is -0.161. The maximum atomic E-state index is 12.0. The van der Waals surface area contributed by atoms with Crippen molar-refractivity contribution in [2.45, 2.75) is 148 Å². The van der Waals surface area contributed by atoms with Crippen LogP contribution in [-0.2, 0) is 19.1 Å². The fourth-order valence-corrected chi connectivity index (χ4v) is 3.79. The van der Waals surface area contributed by atoms with Crippen molar-refractivity contribution in [2.24, 2.45) is 0 Å². The first kappa shape index (κ1) is 30.9. The zero-order valence-corrected chi connectivity index (χ0v) is 21.2. The molecule has 0 aromatic carbocycles. The summed E-state index contributed by atoms with van der Waals surface area (Å²) in [5.41, 5.74) is 0. The summed E-state index contributed by atoms with van der Waals surface area (Å²) >= 11 is 0. The van der Waals surface area contributed by atoms with Crippen LogP contribution in [-0.4, -0.2) is 36.4 Å². The number of hydrogen-bond donors (Lipinski definition) is 1. The number of aliphatic hydroxyl groups is 1. The molecule has 1 atom stereocenters. The van der Waals surface area contributed by atoms with Crippen LogP contribution in [0.15, 0.2) is 0 Å². The van der Waals surface area contributed by atoms with Gasteiger partial charge in [-0.25, -0.2) is 0 Å². The maximum Gasteiger partial charge on any atom is 0.306 e. The van der Waals surface area contributed by atoms with Crippen LogP contribution in [0, 0.1) is 0 Å². The molecule has 190 valence electrons. The largest absolute Gasteiger partial charge is 0.462 e. The molecule has 5 nitrogen and oxygen atoms in total. The molecule has 0 aliphatic heterocycles. The minimum absolute atomic E-state index is 0.0597. The van der Waals surface area contributed by atoms with E-state index in [0.29, 0.717) is 12.8 Å². The SMILES string of the molecule is CCCCCCCCCCCCCC(=O)OC(CO)COC(=O)CCCCCCCCC. The number of carbonyl (C=O) groups is 2. The van der Waals surface area contributed by atoms with Crippen LogP contribution in [0.5, 0.6) is 0 Å². The zero-order chi connectivity index (χ0) is 23.7. The summed E-state index contributed by atoms with van der Waals surface area (Å²) in [5, 5.41) is 9.40. The second-order valence-electron chi connectivity index (χ2n) is 9.13. The molecule has 0 saturated heterocycles. The summed E-state index contributed by atoms with van der Waals surface area (Å²) in [6, 6.07) is 0. The van der Waals surface area contributed by atoms with Gasteiger partial charge in [0.1, 0.15) is 6.61 Å². The van der Waals surface area contributed by atoms with Crippen LogP contribution >= 0.6 is 0 Å². The molecule has 1 unspecified atom stereocenters. The third-order valence-electron chi connectivity index (χ3n) is 5.90. The van der Waals surface area contributed by atoms with Gasteiger partial charge in [0, 0.05) is 12.8 Å². The van der Waals surface area contributed by atoms with Gasteiger partial charge in [-0.05, 0) is 12.8 Å². The number of aliphatic hydroxyl groups excluding tert-OH is 1. The molecule has 0 aliphatic rings. The molecular weight excluding hydrogens is 404 g/mol. The van der Waals surface area contributed by atoms with Crippen molar-refractivity contribution in [1.29, 1.82) is 0 Å². The molecule has 0 spiro atoms. The first-order chi connectivity index (χ1) is 15.6. The second kappa shape index (κ2) is 24.5. The lowest BCUT2D eigenvalue weighted by atomic mass is 10.1. The fourth-order valence-electron chi connectivity index (χ4n) is 3.79. The van der Waals surface area contributed by atoms with Gasteiger partial charge in [-0.2, -0.15) is 0 Å². The summed E-state index contributed by atoms with van der Waals surface area (Å²) in [6.45, 7) is 4.06. The number of ether oxygens (including phenoxy) is 2. The average Bonchev–Trinajstić information content (AvgIpc) is 2.79. The molecule has 0 fully saturated rings. The fraction of sp³-hybridized carbons (Fsp3) is 0.926. The van der Waals surface area contributed by atoms with Crippen LogP contribution in [0.3, 0.4) is 0 Å². The highest BCUT2D eigenvalue weighted by Gasteiger charge is 2.16. The number of rotatable bonds is 24. The summed E-state index contributed by atoms with van der Waals surface area (Å²) < 4.78 is 10.4. The number of unbranched alkanes of at least 4 members (excludes halogenated alkanes) is 16. The van der Waals surface area contributed by atoms with Gasteiger partial charge in [0.05, 0.1) is 6.61 Å². The van der Waals surface area contributed by atoms with E-state index in [4.69, 9.17) is 9.47 Å². The maximum absolute atomic E-state index is 12.0. The average molecular weight is 457 g/mol. The Kier molecular flexibility index (Phi) is 23.7. The highest BCUT2D eigenvalue weighted by molar-refractivity contribution is 5.70. The molecule has 0 aromatic heterocycles. The van der Waals surface area contributed by atoms with Gasteiger partial charge in [0.2, 0.25) is 0 Å². The van der Waals surface area contributed by atoms with Crippen LogP contribution < -0.4 is 0 Å². The van der Waals surface area contributed by atoms with E-state index in [9.17, 15) is 14.7 Å². The standard InChI is InChI=1S/C27H52O5/c1-3-5-7-9-11-12-13-14-16-18-20-22-27(30)32-25(23-28)24-31-26(29)21-19-17-15-10-8-6-4-2/h25,28H,3-24H2,1-2H3. The molecule has 0 aromatic rings. The third-order valence-corrected chi connectivity index (χ3v) is 5.90. The Morgan fingerprint density at radius 3 is 1.38 bits per heavy atom. The Morgan fingerprint density at radius 1 is 0.594 bits per heavy atom. The monoisotopic (exact) mass is 456 g/mol. The van der Waals surface area contributed by atoms with Crippen LogP contribution in [0.2, 0.25) is 0 Å². The predicted molar refractivity (Wildman–Crippen MR) is 132 cm³/mol. The summed E-state index contributed by atoms with van der Waals surface area (Å²) in [5.74, 6) is -0.596. The van der Waals surface area contributed by atoms with Crippen molar-refractivity contribution in [3.05, 3.63) is 0 Å². The minimum Gasteiger partial charge on any atom is -0.462 e.